The number of hydrogen-bond donors (Lipinski definition) is 1. The van der Waals surface area contributed by atoms with Crippen molar-refractivity contribution in [1.82, 2.24) is 0 Å². The maximum Gasteiger partial charge on any atom is 0.128 e. The van der Waals surface area contributed by atoms with Crippen LogP contribution in [0.1, 0.15) is 5.56 Å². The van der Waals surface area contributed by atoms with E-state index in [2.05, 4.69) is 0 Å². The van der Waals surface area contributed by atoms with Crippen LogP contribution in [0.25, 0.3) is 0 Å². The average Bonchev–Trinajstić information content (AvgIpc) is 2.30. The van der Waals surface area contributed by atoms with Crippen molar-refractivity contribution in [2.45, 2.75) is 10.6 Å². The summed E-state index contributed by atoms with van der Waals surface area (Å²) in [5.41, 5.74) is 6.81. The monoisotopic (exact) mass is 301 g/mol. The molecule has 0 aliphatic rings. The molecule has 0 fully saturated rings. The summed E-state index contributed by atoms with van der Waals surface area (Å²) in [5, 5.41) is 0.973. The third-order valence-electron chi connectivity index (χ3n) is 2.35. The second kappa shape index (κ2) is 5.83. The Hall–Kier alpha value is -0.900. The van der Waals surface area contributed by atoms with Crippen molar-refractivity contribution >= 4 is 40.7 Å². The fraction of sp³-hybridized carbons (Fsp3) is 0.0769. The van der Waals surface area contributed by atoms with Crippen molar-refractivity contribution in [2.75, 3.05) is 5.73 Å². The molecular weight excluding hydrogens is 292 g/mol. The summed E-state index contributed by atoms with van der Waals surface area (Å²) in [4.78, 5) is 0.875. The highest BCUT2D eigenvalue weighted by molar-refractivity contribution is 7.98. The number of thioether (sulfide) groups is 1. The van der Waals surface area contributed by atoms with E-state index in [1.807, 2.05) is 6.07 Å². The first-order valence-electron chi connectivity index (χ1n) is 5.18. The molecule has 0 saturated heterocycles. The van der Waals surface area contributed by atoms with E-state index in [0.29, 0.717) is 27.0 Å². The first kappa shape index (κ1) is 13.5. The molecule has 0 aromatic heterocycles. The average molecular weight is 302 g/mol. The second-order valence-corrected chi connectivity index (χ2v) is 5.58. The van der Waals surface area contributed by atoms with Crippen molar-refractivity contribution in [1.29, 1.82) is 0 Å². The molecule has 0 aliphatic heterocycles. The van der Waals surface area contributed by atoms with E-state index in [0.717, 1.165) is 4.90 Å². The highest BCUT2D eigenvalue weighted by Crippen LogP contribution is 2.32. The smallest absolute Gasteiger partial charge is 0.128 e. The van der Waals surface area contributed by atoms with Gasteiger partial charge in [0.25, 0.3) is 0 Å². The lowest BCUT2D eigenvalue weighted by molar-refractivity contribution is 0.617. The molecule has 0 saturated carbocycles. The van der Waals surface area contributed by atoms with Crippen LogP contribution < -0.4 is 5.73 Å². The fourth-order valence-electron chi connectivity index (χ4n) is 1.43. The summed E-state index contributed by atoms with van der Waals surface area (Å²) in [7, 11) is 0. The van der Waals surface area contributed by atoms with Gasteiger partial charge in [0.05, 0.1) is 5.02 Å². The van der Waals surface area contributed by atoms with Crippen molar-refractivity contribution in [3.8, 4) is 0 Å². The Labute approximate surface area is 119 Å². The number of rotatable bonds is 3. The third kappa shape index (κ3) is 3.31. The Morgan fingerprint density at radius 3 is 2.56 bits per heavy atom. The van der Waals surface area contributed by atoms with Crippen molar-refractivity contribution in [2.24, 2.45) is 0 Å². The predicted molar refractivity (Wildman–Crippen MR) is 76.8 cm³/mol. The van der Waals surface area contributed by atoms with Crippen molar-refractivity contribution in [3.05, 3.63) is 57.8 Å². The molecule has 94 valence electrons. The van der Waals surface area contributed by atoms with Crippen molar-refractivity contribution < 1.29 is 4.39 Å². The Kier molecular flexibility index (Phi) is 4.38. The molecule has 1 nitrogen and oxygen atoms in total. The lowest BCUT2D eigenvalue weighted by Gasteiger charge is -2.06. The number of benzene rings is 2. The molecule has 0 radical (unpaired) electrons. The maximum absolute atomic E-state index is 13.6. The minimum atomic E-state index is -0.304. The third-order valence-corrected chi connectivity index (χ3v) is 4.14. The summed E-state index contributed by atoms with van der Waals surface area (Å²) in [5.74, 6) is 0.189. The van der Waals surface area contributed by atoms with Crippen molar-refractivity contribution in [3.63, 3.8) is 0 Å². The van der Waals surface area contributed by atoms with E-state index in [1.54, 1.807) is 24.3 Å². The Balaban J connectivity index is 2.11. The molecule has 18 heavy (non-hydrogen) atoms. The first-order chi connectivity index (χ1) is 8.56. The molecule has 0 amide bonds. The fourth-order valence-corrected chi connectivity index (χ4v) is 2.85. The van der Waals surface area contributed by atoms with Gasteiger partial charge in [0.15, 0.2) is 0 Å². The lowest BCUT2D eigenvalue weighted by Crippen LogP contribution is -1.88. The molecule has 0 unspecified atom stereocenters. The SMILES string of the molecule is Nc1ccc(SCc2ccc(Cl)cc2F)c(Cl)c1. The molecule has 0 aliphatic carbocycles. The molecule has 2 aromatic carbocycles. The van der Waals surface area contributed by atoms with Crippen LogP contribution in [0.2, 0.25) is 10.0 Å². The number of halogens is 3. The standard InChI is InChI=1S/C13H10Cl2FNS/c14-9-2-1-8(12(16)5-9)7-18-13-4-3-10(17)6-11(13)15/h1-6H,7,17H2. The van der Waals surface area contributed by atoms with E-state index in [9.17, 15) is 4.39 Å². The van der Waals surface area contributed by atoms with E-state index in [1.165, 1.54) is 17.8 Å². The lowest BCUT2D eigenvalue weighted by atomic mass is 10.2. The predicted octanol–water partition coefficient (Wildman–Crippen LogP) is 5.01. The molecule has 0 heterocycles. The molecule has 0 spiro atoms. The quantitative estimate of drug-likeness (QED) is 0.637. The van der Waals surface area contributed by atoms with E-state index in [-0.39, 0.29) is 5.82 Å². The van der Waals surface area contributed by atoms with Gasteiger partial charge in [0, 0.05) is 21.4 Å². The van der Waals surface area contributed by atoms with Gasteiger partial charge in [-0.15, -0.1) is 11.8 Å². The molecule has 0 atom stereocenters. The highest BCUT2D eigenvalue weighted by Gasteiger charge is 2.06. The van der Waals surface area contributed by atoms with Crippen LogP contribution in [0.4, 0.5) is 10.1 Å². The van der Waals surface area contributed by atoms with Crippen LogP contribution in [-0.2, 0) is 5.75 Å². The Morgan fingerprint density at radius 1 is 1.11 bits per heavy atom. The minimum absolute atomic E-state index is 0.304. The Bertz CT molecular complexity index is 523. The molecule has 2 N–H and O–H groups in total. The first-order valence-corrected chi connectivity index (χ1v) is 6.92. The number of anilines is 1. The maximum atomic E-state index is 13.6. The summed E-state index contributed by atoms with van der Waals surface area (Å²) < 4.78 is 13.6. The largest absolute Gasteiger partial charge is 0.399 e. The zero-order valence-corrected chi connectivity index (χ0v) is 11.6. The number of hydrogen-bond acceptors (Lipinski definition) is 2. The van der Waals surface area contributed by atoms with Gasteiger partial charge in [-0.05, 0) is 35.9 Å². The normalized spacial score (nSPS) is 10.6. The molecule has 5 heteroatoms. The van der Waals surface area contributed by atoms with Gasteiger partial charge in [-0.25, -0.2) is 4.39 Å². The number of nitrogens with two attached hydrogens (primary N) is 1. The van der Waals surface area contributed by atoms with Crippen LogP contribution in [0.5, 0.6) is 0 Å². The number of nitrogen functional groups attached to an aromatic ring is 1. The van der Waals surface area contributed by atoms with Gasteiger partial charge in [-0.3, -0.25) is 0 Å². The van der Waals surface area contributed by atoms with Crippen LogP contribution in [0, 0.1) is 5.82 Å². The minimum Gasteiger partial charge on any atom is -0.399 e. The van der Waals surface area contributed by atoms with Gasteiger partial charge in [-0.1, -0.05) is 29.3 Å². The zero-order valence-electron chi connectivity index (χ0n) is 9.29. The van der Waals surface area contributed by atoms with Gasteiger partial charge in [0.2, 0.25) is 0 Å². The Morgan fingerprint density at radius 2 is 1.89 bits per heavy atom. The summed E-state index contributed by atoms with van der Waals surface area (Å²) >= 11 is 13.2. The van der Waals surface area contributed by atoms with Crippen LogP contribution >= 0.6 is 35.0 Å². The van der Waals surface area contributed by atoms with E-state index in [4.69, 9.17) is 28.9 Å². The summed E-state index contributed by atoms with van der Waals surface area (Å²) in [6.07, 6.45) is 0. The van der Waals surface area contributed by atoms with Gasteiger partial charge in [-0.2, -0.15) is 0 Å². The molecular formula is C13H10Cl2FNS. The second-order valence-electron chi connectivity index (χ2n) is 3.71. The van der Waals surface area contributed by atoms with Crippen LogP contribution in [0.3, 0.4) is 0 Å². The van der Waals surface area contributed by atoms with E-state index >= 15 is 0 Å². The summed E-state index contributed by atoms with van der Waals surface area (Å²) in [6, 6.07) is 9.94. The summed E-state index contributed by atoms with van der Waals surface area (Å²) in [6.45, 7) is 0. The molecule has 2 rings (SSSR count). The van der Waals surface area contributed by atoms with Gasteiger partial charge in [0.1, 0.15) is 5.82 Å². The van der Waals surface area contributed by atoms with E-state index < -0.39 is 0 Å². The topological polar surface area (TPSA) is 26.0 Å². The molecule has 0 bridgehead atoms. The van der Waals surface area contributed by atoms with Gasteiger partial charge < -0.3 is 5.73 Å². The molecule has 2 aromatic rings. The van der Waals surface area contributed by atoms with Crippen LogP contribution in [0.15, 0.2) is 41.3 Å². The zero-order chi connectivity index (χ0) is 13.1. The highest BCUT2D eigenvalue weighted by atomic mass is 35.5. The van der Waals surface area contributed by atoms with Gasteiger partial charge >= 0.3 is 0 Å². The van der Waals surface area contributed by atoms with Crippen LogP contribution in [-0.4, -0.2) is 0 Å².